The monoisotopic (exact) mass is 401 g/mol. The average molecular weight is 402 g/mol. The van der Waals surface area contributed by atoms with Crippen LogP contribution < -0.4 is 10.3 Å². The molecule has 26 heavy (non-hydrogen) atoms. The van der Waals surface area contributed by atoms with E-state index < -0.39 is 51.5 Å². The lowest BCUT2D eigenvalue weighted by atomic mass is 10.2. The maximum absolute atomic E-state index is 13.1. The molecule has 140 valence electrons. The summed E-state index contributed by atoms with van der Waals surface area (Å²) in [6.07, 6.45) is -9.65. The number of aromatic amines is 1. The van der Waals surface area contributed by atoms with Gasteiger partial charge in [0.25, 0.3) is 5.56 Å². The van der Waals surface area contributed by atoms with Crippen molar-refractivity contribution in [3.63, 3.8) is 0 Å². The minimum Gasteiger partial charge on any atom is -0.449 e. The van der Waals surface area contributed by atoms with E-state index in [9.17, 15) is 31.1 Å². The first-order chi connectivity index (χ1) is 11.9. The molecule has 2 N–H and O–H groups in total. The van der Waals surface area contributed by atoms with E-state index >= 15 is 0 Å². The van der Waals surface area contributed by atoms with Crippen molar-refractivity contribution in [1.82, 2.24) is 9.97 Å². The number of oxime groups is 1. The maximum atomic E-state index is 13.1. The molecule has 0 amide bonds. The Labute approximate surface area is 144 Å². The highest BCUT2D eigenvalue weighted by Gasteiger charge is 2.39. The number of hydrogen-bond donors (Lipinski definition) is 2. The zero-order valence-electron chi connectivity index (χ0n) is 12.1. The van der Waals surface area contributed by atoms with Gasteiger partial charge in [0.2, 0.25) is 5.75 Å². The van der Waals surface area contributed by atoms with Gasteiger partial charge in [-0.15, -0.1) is 0 Å². The van der Waals surface area contributed by atoms with E-state index in [4.69, 9.17) is 21.5 Å². The summed E-state index contributed by atoms with van der Waals surface area (Å²) in [6.45, 7) is 0. The van der Waals surface area contributed by atoms with Gasteiger partial charge in [0.15, 0.2) is 11.5 Å². The van der Waals surface area contributed by atoms with Crippen LogP contribution in [0.5, 0.6) is 11.5 Å². The lowest BCUT2D eigenvalue weighted by molar-refractivity contribution is -0.142. The van der Waals surface area contributed by atoms with Crippen LogP contribution in [-0.4, -0.2) is 21.4 Å². The van der Waals surface area contributed by atoms with E-state index in [1.807, 2.05) is 4.98 Å². The molecule has 1 aromatic carbocycles. The number of H-pyrrole nitrogens is 1. The largest absolute Gasteiger partial charge is 0.449 e. The predicted molar refractivity (Wildman–Crippen MR) is 75.8 cm³/mol. The van der Waals surface area contributed by atoms with Gasteiger partial charge in [-0.2, -0.15) is 26.3 Å². The van der Waals surface area contributed by atoms with Crippen molar-refractivity contribution in [1.29, 1.82) is 0 Å². The van der Waals surface area contributed by atoms with Crippen molar-refractivity contribution in [2.45, 2.75) is 12.4 Å². The van der Waals surface area contributed by atoms with E-state index in [2.05, 4.69) is 10.1 Å². The second kappa shape index (κ2) is 6.86. The number of rotatable bonds is 3. The molecule has 2 rings (SSSR count). The van der Waals surface area contributed by atoms with Crippen LogP contribution >= 0.6 is 11.6 Å². The third-order valence-electron chi connectivity index (χ3n) is 2.81. The summed E-state index contributed by atoms with van der Waals surface area (Å²) in [4.78, 5) is 16.7. The molecule has 0 radical (unpaired) electrons. The average Bonchev–Trinajstić information content (AvgIpc) is 2.49. The lowest BCUT2D eigenvalue weighted by Crippen LogP contribution is -2.22. The molecule has 13 heteroatoms. The molecule has 0 unspecified atom stereocenters. The molecular weight excluding hydrogens is 396 g/mol. The van der Waals surface area contributed by atoms with Crippen molar-refractivity contribution in [2.75, 3.05) is 0 Å². The quantitative estimate of drug-likeness (QED) is 0.351. The van der Waals surface area contributed by atoms with Gasteiger partial charge in [0.05, 0.1) is 10.6 Å². The zero-order chi connectivity index (χ0) is 19.7. The van der Waals surface area contributed by atoms with Gasteiger partial charge in [0, 0.05) is 0 Å². The molecule has 0 aliphatic heterocycles. The molecule has 0 atom stereocenters. The Bertz CT molecular complexity index is 907. The molecule has 0 aliphatic carbocycles. The topological polar surface area (TPSA) is 87.6 Å². The van der Waals surface area contributed by atoms with Crippen molar-refractivity contribution >= 4 is 17.8 Å². The van der Waals surface area contributed by atoms with Crippen LogP contribution in [0.15, 0.2) is 28.1 Å². The molecule has 0 saturated carbocycles. The Morgan fingerprint density at radius 1 is 1.19 bits per heavy atom. The molecule has 1 aromatic heterocycles. The highest BCUT2D eigenvalue weighted by atomic mass is 35.5. The number of halogens is 7. The Morgan fingerprint density at radius 2 is 1.85 bits per heavy atom. The molecule has 0 bridgehead atoms. The molecule has 0 fully saturated rings. The summed E-state index contributed by atoms with van der Waals surface area (Å²) in [5.41, 5.74) is -4.64. The number of hydrogen-bond acceptors (Lipinski definition) is 5. The van der Waals surface area contributed by atoms with Crippen LogP contribution in [0.1, 0.15) is 17.1 Å². The van der Waals surface area contributed by atoms with Gasteiger partial charge in [-0.3, -0.25) is 4.79 Å². The second-order valence-corrected chi connectivity index (χ2v) is 5.02. The lowest BCUT2D eigenvalue weighted by Gasteiger charge is -2.14. The standard InChI is InChI=1S/C13H6ClF6N3O3/c14-7-2-1-5(3-6(7)12(15,16)17)26-9-10(13(18,19)20)22-8(4-21-25)23-11(9)24/h1-4,25H,(H,22,23,24)/b21-4+. The molecule has 2 aromatic rings. The molecule has 0 aliphatic rings. The Balaban J connectivity index is 2.58. The second-order valence-electron chi connectivity index (χ2n) is 4.61. The fraction of sp³-hybridized carbons (Fsp3) is 0.154. The van der Waals surface area contributed by atoms with Crippen molar-refractivity contribution in [2.24, 2.45) is 5.16 Å². The van der Waals surface area contributed by atoms with Crippen LogP contribution in [0.2, 0.25) is 5.02 Å². The van der Waals surface area contributed by atoms with Crippen molar-refractivity contribution < 1.29 is 36.3 Å². The Hall–Kier alpha value is -2.76. The van der Waals surface area contributed by atoms with Crippen molar-refractivity contribution in [3.8, 4) is 11.5 Å². The number of aromatic nitrogens is 2. The minimum atomic E-state index is -5.18. The minimum absolute atomic E-state index is 0.338. The van der Waals surface area contributed by atoms with Gasteiger partial charge >= 0.3 is 12.4 Å². The van der Waals surface area contributed by atoms with Crippen LogP contribution in [0.3, 0.4) is 0 Å². The van der Waals surface area contributed by atoms with E-state index in [-0.39, 0.29) is 0 Å². The normalized spacial score (nSPS) is 12.6. The van der Waals surface area contributed by atoms with Gasteiger partial charge in [-0.25, -0.2) is 4.98 Å². The Morgan fingerprint density at radius 3 is 2.38 bits per heavy atom. The summed E-state index contributed by atoms with van der Waals surface area (Å²) in [5, 5.41) is 10.0. The maximum Gasteiger partial charge on any atom is 0.437 e. The smallest absolute Gasteiger partial charge is 0.437 e. The fourth-order valence-electron chi connectivity index (χ4n) is 1.79. The highest BCUT2D eigenvalue weighted by molar-refractivity contribution is 6.31. The molecule has 0 saturated heterocycles. The molecule has 0 spiro atoms. The van der Waals surface area contributed by atoms with E-state index in [1.165, 1.54) is 0 Å². The van der Waals surface area contributed by atoms with Gasteiger partial charge < -0.3 is 14.9 Å². The number of alkyl halides is 6. The first kappa shape index (κ1) is 19.6. The fourth-order valence-corrected chi connectivity index (χ4v) is 2.01. The first-order valence-electron chi connectivity index (χ1n) is 6.37. The van der Waals surface area contributed by atoms with E-state index in [0.29, 0.717) is 12.3 Å². The van der Waals surface area contributed by atoms with Crippen LogP contribution in [0.4, 0.5) is 26.3 Å². The van der Waals surface area contributed by atoms with E-state index in [1.54, 1.807) is 0 Å². The summed E-state index contributed by atoms with van der Waals surface area (Å²) < 4.78 is 82.4. The third kappa shape index (κ3) is 4.25. The zero-order valence-corrected chi connectivity index (χ0v) is 12.9. The number of nitrogens with zero attached hydrogens (tertiary/aromatic N) is 2. The van der Waals surface area contributed by atoms with Crippen LogP contribution in [-0.2, 0) is 12.4 Å². The Kier molecular flexibility index (Phi) is 5.16. The highest BCUT2D eigenvalue weighted by Crippen LogP contribution is 2.39. The van der Waals surface area contributed by atoms with Crippen LogP contribution in [0.25, 0.3) is 0 Å². The third-order valence-corrected chi connectivity index (χ3v) is 3.14. The van der Waals surface area contributed by atoms with E-state index in [0.717, 1.165) is 12.1 Å². The summed E-state index contributed by atoms with van der Waals surface area (Å²) in [5.74, 6) is -2.85. The van der Waals surface area contributed by atoms with Gasteiger partial charge in [-0.05, 0) is 18.2 Å². The number of ether oxygens (including phenoxy) is 1. The molecule has 6 nitrogen and oxygen atoms in total. The predicted octanol–water partition coefficient (Wildman–Crippen LogP) is 4.06. The molecule has 1 heterocycles. The van der Waals surface area contributed by atoms with Gasteiger partial charge in [-0.1, -0.05) is 16.8 Å². The summed E-state index contributed by atoms with van der Waals surface area (Å²) >= 11 is 5.40. The number of benzene rings is 1. The van der Waals surface area contributed by atoms with Crippen molar-refractivity contribution in [3.05, 3.63) is 50.7 Å². The van der Waals surface area contributed by atoms with Crippen LogP contribution in [0, 0.1) is 0 Å². The van der Waals surface area contributed by atoms with Gasteiger partial charge in [0.1, 0.15) is 12.0 Å². The number of nitrogens with one attached hydrogen (secondary N) is 1. The first-order valence-corrected chi connectivity index (χ1v) is 6.75. The summed E-state index contributed by atoms with van der Waals surface area (Å²) in [7, 11) is 0. The summed E-state index contributed by atoms with van der Waals surface area (Å²) in [6, 6.07) is 1.94. The molecular formula is C13H6ClF6N3O3. The SMILES string of the molecule is O=c1[nH]c(/C=N/O)nc(C(F)(F)F)c1Oc1ccc(Cl)c(C(F)(F)F)c1.